The van der Waals surface area contributed by atoms with Crippen LogP contribution in [0.15, 0.2) is 72.8 Å². The number of ether oxygens (including phenoxy) is 3. The second-order valence-corrected chi connectivity index (χ2v) is 10.0. The van der Waals surface area contributed by atoms with Crippen LogP contribution >= 0.6 is 0 Å². The van der Waals surface area contributed by atoms with E-state index in [1.807, 2.05) is 88.4 Å². The van der Waals surface area contributed by atoms with Crippen LogP contribution in [0.1, 0.15) is 66.7 Å². The van der Waals surface area contributed by atoms with Crippen molar-refractivity contribution in [2.45, 2.75) is 58.8 Å². The van der Waals surface area contributed by atoms with E-state index in [0.717, 1.165) is 29.5 Å². The third-order valence-electron chi connectivity index (χ3n) is 5.98. The van der Waals surface area contributed by atoms with Crippen molar-refractivity contribution in [2.24, 2.45) is 0 Å². The molecule has 188 valence electrons. The number of aryl methyl sites for hydroxylation is 1. The lowest BCUT2D eigenvalue weighted by atomic mass is 9.97. The third-order valence-corrected chi connectivity index (χ3v) is 5.98. The van der Waals surface area contributed by atoms with E-state index < -0.39 is 11.6 Å². The molecule has 6 nitrogen and oxygen atoms in total. The Kier molecular flexibility index (Phi) is 7.63. The van der Waals surface area contributed by atoms with Gasteiger partial charge >= 0.3 is 12.1 Å². The Bertz CT molecular complexity index is 1200. The molecule has 1 unspecified atom stereocenters. The Morgan fingerprint density at radius 3 is 2.31 bits per heavy atom. The number of para-hydroxylation sites is 1. The number of hydrogen-bond donors (Lipinski definition) is 0. The Labute approximate surface area is 212 Å². The van der Waals surface area contributed by atoms with Crippen LogP contribution in [0.2, 0.25) is 0 Å². The van der Waals surface area contributed by atoms with Gasteiger partial charge < -0.3 is 19.1 Å². The molecular weight excluding hydrogens is 454 g/mol. The van der Waals surface area contributed by atoms with Gasteiger partial charge in [0.15, 0.2) is 0 Å². The van der Waals surface area contributed by atoms with Crippen molar-refractivity contribution >= 4 is 12.1 Å². The highest BCUT2D eigenvalue weighted by Gasteiger charge is 2.34. The normalized spacial score (nSPS) is 15.4. The number of amides is 1. The molecule has 0 spiro atoms. The SMILES string of the molecule is Cc1cc(C2CCCN2C(=O)OC(C)(C)C)cc(OCc2ccccc2)c1C(=O)Oc1ccccc1. The fourth-order valence-electron chi connectivity index (χ4n) is 4.38. The number of benzene rings is 3. The van der Waals surface area contributed by atoms with E-state index >= 15 is 0 Å². The summed E-state index contributed by atoms with van der Waals surface area (Å²) in [6.45, 7) is 8.38. The maximum Gasteiger partial charge on any atom is 0.410 e. The molecule has 1 atom stereocenters. The summed E-state index contributed by atoms with van der Waals surface area (Å²) < 4.78 is 17.5. The van der Waals surface area contributed by atoms with E-state index in [1.165, 1.54) is 0 Å². The molecule has 0 bridgehead atoms. The second-order valence-electron chi connectivity index (χ2n) is 10.0. The minimum atomic E-state index is -0.574. The lowest BCUT2D eigenvalue weighted by Crippen LogP contribution is -2.36. The first-order valence-electron chi connectivity index (χ1n) is 12.3. The van der Waals surface area contributed by atoms with Gasteiger partial charge in [0.05, 0.1) is 6.04 Å². The molecule has 1 saturated heterocycles. The molecule has 0 aliphatic carbocycles. The average molecular weight is 488 g/mol. The summed E-state index contributed by atoms with van der Waals surface area (Å²) in [5.74, 6) is 0.418. The minimum absolute atomic E-state index is 0.156. The second kappa shape index (κ2) is 10.9. The topological polar surface area (TPSA) is 65.1 Å². The van der Waals surface area contributed by atoms with Crippen molar-refractivity contribution < 1.29 is 23.8 Å². The van der Waals surface area contributed by atoms with Crippen molar-refractivity contribution in [3.05, 3.63) is 95.1 Å². The Morgan fingerprint density at radius 1 is 0.972 bits per heavy atom. The number of carbonyl (C=O) groups excluding carboxylic acids is 2. The van der Waals surface area contributed by atoms with Crippen molar-refractivity contribution in [1.29, 1.82) is 0 Å². The number of likely N-dealkylation sites (tertiary alicyclic amines) is 1. The summed E-state index contributed by atoms with van der Waals surface area (Å²) in [5, 5.41) is 0. The van der Waals surface area contributed by atoms with Gasteiger partial charge in [0.1, 0.15) is 29.3 Å². The summed E-state index contributed by atoms with van der Waals surface area (Å²) >= 11 is 0. The number of esters is 1. The Balaban J connectivity index is 1.66. The monoisotopic (exact) mass is 487 g/mol. The zero-order valence-electron chi connectivity index (χ0n) is 21.3. The molecule has 6 heteroatoms. The first-order chi connectivity index (χ1) is 17.2. The van der Waals surface area contributed by atoms with Gasteiger partial charge in [-0.3, -0.25) is 0 Å². The van der Waals surface area contributed by atoms with Gasteiger partial charge in [0, 0.05) is 6.54 Å². The number of rotatable bonds is 6. The fourth-order valence-corrected chi connectivity index (χ4v) is 4.38. The molecule has 4 rings (SSSR count). The van der Waals surface area contributed by atoms with Gasteiger partial charge in [-0.05, 0) is 75.4 Å². The summed E-state index contributed by atoms with van der Waals surface area (Å²) in [5.41, 5.74) is 2.43. The van der Waals surface area contributed by atoms with Crippen LogP contribution in [-0.4, -0.2) is 29.1 Å². The quantitative estimate of drug-likeness (QED) is 0.281. The summed E-state index contributed by atoms with van der Waals surface area (Å²) in [6, 6.07) is 22.4. The van der Waals surface area contributed by atoms with Crippen molar-refractivity contribution in [3.63, 3.8) is 0 Å². The van der Waals surface area contributed by atoms with Gasteiger partial charge in [0.25, 0.3) is 0 Å². The Morgan fingerprint density at radius 2 is 1.64 bits per heavy atom. The molecule has 36 heavy (non-hydrogen) atoms. The van der Waals surface area contributed by atoms with Crippen LogP contribution in [0, 0.1) is 6.92 Å². The number of carbonyl (C=O) groups is 2. The lowest BCUT2D eigenvalue weighted by molar-refractivity contribution is 0.0224. The molecule has 1 fully saturated rings. The molecule has 0 saturated carbocycles. The minimum Gasteiger partial charge on any atom is -0.488 e. The van der Waals surface area contributed by atoms with Gasteiger partial charge in [0.2, 0.25) is 0 Å². The van der Waals surface area contributed by atoms with Gasteiger partial charge in [-0.1, -0.05) is 54.6 Å². The fraction of sp³-hybridized carbons (Fsp3) is 0.333. The number of nitrogens with zero attached hydrogens (tertiary/aromatic N) is 1. The van der Waals surface area contributed by atoms with E-state index in [9.17, 15) is 9.59 Å². The van der Waals surface area contributed by atoms with Crippen LogP contribution in [0.3, 0.4) is 0 Å². The van der Waals surface area contributed by atoms with E-state index in [0.29, 0.717) is 30.2 Å². The molecule has 3 aromatic rings. The molecule has 0 N–H and O–H groups in total. The molecule has 1 heterocycles. The Hall–Kier alpha value is -3.80. The summed E-state index contributed by atoms with van der Waals surface area (Å²) in [6.07, 6.45) is 1.35. The van der Waals surface area contributed by atoms with Crippen molar-refractivity contribution in [3.8, 4) is 11.5 Å². The van der Waals surface area contributed by atoms with E-state index in [-0.39, 0.29) is 12.1 Å². The van der Waals surface area contributed by atoms with Crippen molar-refractivity contribution in [1.82, 2.24) is 4.90 Å². The molecule has 0 aromatic heterocycles. The number of hydrogen-bond acceptors (Lipinski definition) is 5. The molecule has 0 radical (unpaired) electrons. The summed E-state index contributed by atoms with van der Waals surface area (Å²) in [4.78, 5) is 27.9. The average Bonchev–Trinajstić information content (AvgIpc) is 3.33. The van der Waals surface area contributed by atoms with Crippen LogP contribution in [0.4, 0.5) is 4.79 Å². The smallest absolute Gasteiger partial charge is 0.410 e. The van der Waals surface area contributed by atoms with Crippen LogP contribution in [0.25, 0.3) is 0 Å². The molecule has 3 aromatic carbocycles. The maximum atomic E-state index is 13.2. The molecule has 1 aliphatic rings. The first kappa shape index (κ1) is 25.3. The highest BCUT2D eigenvalue weighted by atomic mass is 16.6. The third kappa shape index (κ3) is 6.25. The van der Waals surface area contributed by atoms with E-state index in [4.69, 9.17) is 14.2 Å². The lowest BCUT2D eigenvalue weighted by Gasteiger charge is -2.29. The van der Waals surface area contributed by atoms with Crippen LogP contribution in [-0.2, 0) is 11.3 Å². The van der Waals surface area contributed by atoms with Gasteiger partial charge in [-0.15, -0.1) is 0 Å². The molecule has 1 amide bonds. The van der Waals surface area contributed by atoms with Gasteiger partial charge in [-0.2, -0.15) is 0 Å². The van der Waals surface area contributed by atoms with E-state index in [1.54, 1.807) is 17.0 Å². The molecule has 1 aliphatic heterocycles. The predicted molar refractivity (Wildman–Crippen MR) is 138 cm³/mol. The first-order valence-corrected chi connectivity index (χ1v) is 12.3. The zero-order chi connectivity index (χ0) is 25.7. The van der Waals surface area contributed by atoms with Crippen LogP contribution in [0.5, 0.6) is 11.5 Å². The standard InChI is InChI=1S/C30H33NO5/c1-21-18-23(25-16-11-17-31(25)29(33)36-30(2,3)4)19-26(34-20-22-12-7-5-8-13-22)27(21)28(32)35-24-14-9-6-10-15-24/h5-10,12-15,18-19,25H,11,16-17,20H2,1-4H3. The summed E-state index contributed by atoms with van der Waals surface area (Å²) in [7, 11) is 0. The predicted octanol–water partition coefficient (Wildman–Crippen LogP) is 6.87. The maximum absolute atomic E-state index is 13.2. The van der Waals surface area contributed by atoms with Crippen molar-refractivity contribution in [2.75, 3.05) is 6.54 Å². The highest BCUT2D eigenvalue weighted by molar-refractivity contribution is 5.95. The zero-order valence-corrected chi connectivity index (χ0v) is 21.3. The van der Waals surface area contributed by atoms with Crippen LogP contribution < -0.4 is 9.47 Å². The van der Waals surface area contributed by atoms with E-state index in [2.05, 4.69) is 0 Å². The highest BCUT2D eigenvalue weighted by Crippen LogP contribution is 2.37. The molecular formula is C30H33NO5. The van der Waals surface area contributed by atoms with Gasteiger partial charge in [-0.25, -0.2) is 9.59 Å². The largest absolute Gasteiger partial charge is 0.488 e.